The number of aromatic nitrogens is 1. The highest BCUT2D eigenvalue weighted by atomic mass is 35.5. The third-order valence-corrected chi connectivity index (χ3v) is 3.22. The van der Waals surface area contributed by atoms with Gasteiger partial charge in [0.25, 0.3) is 0 Å². The number of fused-ring (bicyclic) bond motifs is 1. The summed E-state index contributed by atoms with van der Waals surface area (Å²) >= 11 is 0. The highest BCUT2D eigenvalue weighted by Crippen LogP contribution is 2.27. The summed E-state index contributed by atoms with van der Waals surface area (Å²) in [5.74, 6) is -2.21. The number of carbonyl (C=O) groups is 3. The van der Waals surface area contributed by atoms with Gasteiger partial charge in [0.1, 0.15) is 0 Å². The van der Waals surface area contributed by atoms with Gasteiger partial charge in [0.05, 0.1) is 36.5 Å². The molecule has 1 atom stereocenters. The van der Waals surface area contributed by atoms with Crippen LogP contribution in [0.25, 0.3) is 6.08 Å². The Bertz CT molecular complexity index is 645. The van der Waals surface area contributed by atoms with Crippen LogP contribution in [-0.4, -0.2) is 34.5 Å². The van der Waals surface area contributed by atoms with Gasteiger partial charge in [-0.25, -0.2) is 4.79 Å². The number of nitrogens with one attached hydrogen (secondary N) is 1. The molecule has 2 N–H and O–H groups in total. The molecule has 0 aromatic carbocycles. The van der Waals surface area contributed by atoms with Gasteiger partial charge in [0.2, 0.25) is 5.91 Å². The SMILES string of the molecule is CCOC(=O)CC1Cc2cc(/C=C/C(=O)O)ncc2NC1=O.Cl. The summed E-state index contributed by atoms with van der Waals surface area (Å²) in [6, 6.07) is 1.70. The highest BCUT2D eigenvalue weighted by molar-refractivity contribution is 5.97. The molecule has 0 aliphatic carbocycles. The smallest absolute Gasteiger partial charge is 0.328 e. The summed E-state index contributed by atoms with van der Waals surface area (Å²) < 4.78 is 4.86. The standard InChI is InChI=1S/C15H16N2O5.ClH/c1-2-22-14(20)7-10-5-9-6-11(3-4-13(18)19)16-8-12(9)17-15(10)21;/h3-4,6,8,10H,2,5,7H2,1H3,(H,17,21)(H,18,19);1H/b4-3+;. The van der Waals surface area contributed by atoms with Gasteiger partial charge >= 0.3 is 11.9 Å². The van der Waals surface area contributed by atoms with E-state index >= 15 is 0 Å². The molecule has 0 spiro atoms. The number of carbonyl (C=O) groups excluding carboxylic acids is 2. The number of hydrogen-bond donors (Lipinski definition) is 2. The van der Waals surface area contributed by atoms with Gasteiger partial charge in [-0.2, -0.15) is 0 Å². The Morgan fingerprint density at radius 3 is 2.91 bits per heavy atom. The third-order valence-electron chi connectivity index (χ3n) is 3.22. The summed E-state index contributed by atoms with van der Waals surface area (Å²) in [6.45, 7) is 1.98. The number of anilines is 1. The lowest BCUT2D eigenvalue weighted by molar-refractivity contribution is -0.145. The van der Waals surface area contributed by atoms with E-state index in [1.165, 1.54) is 12.3 Å². The molecule has 0 bridgehead atoms. The molecule has 1 amide bonds. The number of aliphatic carboxylic acids is 1. The lowest BCUT2D eigenvalue weighted by Gasteiger charge is -2.23. The van der Waals surface area contributed by atoms with Crippen LogP contribution in [0.4, 0.5) is 5.69 Å². The zero-order valence-corrected chi connectivity index (χ0v) is 13.3. The lowest BCUT2D eigenvalue weighted by atomic mass is 9.91. The number of nitrogens with zero attached hydrogens (tertiary/aromatic N) is 1. The van der Waals surface area contributed by atoms with Crippen LogP contribution in [0.5, 0.6) is 0 Å². The van der Waals surface area contributed by atoms with Gasteiger partial charge in [-0.1, -0.05) is 0 Å². The lowest BCUT2D eigenvalue weighted by Crippen LogP contribution is -2.32. The summed E-state index contributed by atoms with van der Waals surface area (Å²) in [5.41, 5.74) is 1.87. The molecule has 23 heavy (non-hydrogen) atoms. The number of amides is 1. The van der Waals surface area contributed by atoms with Crippen molar-refractivity contribution in [1.29, 1.82) is 0 Å². The molecule has 0 saturated carbocycles. The van der Waals surface area contributed by atoms with Crippen molar-refractivity contribution in [2.75, 3.05) is 11.9 Å². The van der Waals surface area contributed by atoms with E-state index in [1.807, 2.05) is 0 Å². The van der Waals surface area contributed by atoms with Crippen molar-refractivity contribution >= 4 is 42.0 Å². The number of esters is 1. The molecule has 0 saturated heterocycles. The summed E-state index contributed by atoms with van der Waals surface area (Å²) in [5, 5.41) is 11.3. The van der Waals surface area contributed by atoms with Crippen molar-refractivity contribution in [3.63, 3.8) is 0 Å². The molecule has 1 aromatic rings. The zero-order valence-electron chi connectivity index (χ0n) is 12.4. The van der Waals surface area contributed by atoms with Gasteiger partial charge in [-0.15, -0.1) is 12.4 Å². The topological polar surface area (TPSA) is 106 Å². The molecular formula is C15H17ClN2O5. The molecule has 1 unspecified atom stereocenters. The molecule has 8 heteroatoms. The molecule has 2 rings (SSSR count). The van der Waals surface area contributed by atoms with Crippen molar-refractivity contribution < 1.29 is 24.2 Å². The second-order valence-corrected chi connectivity index (χ2v) is 4.84. The first-order valence-electron chi connectivity index (χ1n) is 6.86. The predicted molar refractivity (Wildman–Crippen MR) is 85.2 cm³/mol. The molecule has 1 aromatic heterocycles. The molecular weight excluding hydrogens is 324 g/mol. The van der Waals surface area contributed by atoms with E-state index in [1.54, 1.807) is 13.0 Å². The van der Waals surface area contributed by atoms with Gasteiger partial charge < -0.3 is 15.2 Å². The molecule has 1 aliphatic heterocycles. The monoisotopic (exact) mass is 340 g/mol. The Morgan fingerprint density at radius 1 is 1.52 bits per heavy atom. The van der Waals surface area contributed by atoms with Crippen molar-refractivity contribution in [3.8, 4) is 0 Å². The van der Waals surface area contributed by atoms with Crippen molar-refractivity contribution in [3.05, 3.63) is 29.6 Å². The molecule has 1 aliphatic rings. The van der Waals surface area contributed by atoms with E-state index in [2.05, 4.69) is 10.3 Å². The summed E-state index contributed by atoms with van der Waals surface area (Å²) in [4.78, 5) is 38.1. The number of hydrogen-bond acceptors (Lipinski definition) is 5. The van der Waals surface area contributed by atoms with Crippen LogP contribution < -0.4 is 5.32 Å². The predicted octanol–water partition coefficient (Wildman–Crippen LogP) is 1.67. The first kappa shape index (κ1) is 18.6. The highest BCUT2D eigenvalue weighted by Gasteiger charge is 2.28. The number of ether oxygens (including phenoxy) is 1. The van der Waals surface area contributed by atoms with Crippen LogP contribution in [-0.2, 0) is 25.5 Å². The summed E-state index contributed by atoms with van der Waals surface area (Å²) in [7, 11) is 0. The number of carboxylic acids is 1. The minimum absolute atomic E-state index is 0. The first-order valence-corrected chi connectivity index (χ1v) is 6.86. The normalized spacial score (nSPS) is 16.2. The minimum atomic E-state index is -1.06. The van der Waals surface area contributed by atoms with Crippen LogP contribution in [0, 0.1) is 5.92 Å². The Balaban J connectivity index is 0.00000264. The van der Waals surface area contributed by atoms with Crippen molar-refractivity contribution in [1.82, 2.24) is 4.98 Å². The average Bonchev–Trinajstić information content (AvgIpc) is 2.46. The minimum Gasteiger partial charge on any atom is -0.478 e. The number of pyridine rings is 1. The number of halogens is 1. The van der Waals surface area contributed by atoms with Crippen LogP contribution >= 0.6 is 12.4 Å². The molecule has 2 heterocycles. The Morgan fingerprint density at radius 2 is 2.26 bits per heavy atom. The largest absolute Gasteiger partial charge is 0.478 e. The van der Waals surface area contributed by atoms with Gasteiger partial charge in [0.15, 0.2) is 0 Å². The molecule has 7 nitrogen and oxygen atoms in total. The van der Waals surface area contributed by atoms with Crippen molar-refractivity contribution in [2.24, 2.45) is 5.92 Å². The Labute approximate surface area is 139 Å². The summed E-state index contributed by atoms with van der Waals surface area (Å²) in [6.07, 6.45) is 4.25. The second kappa shape index (κ2) is 8.28. The maximum atomic E-state index is 12.0. The van der Waals surface area contributed by atoms with E-state index in [4.69, 9.17) is 9.84 Å². The third kappa shape index (κ3) is 5.07. The van der Waals surface area contributed by atoms with Crippen LogP contribution in [0.15, 0.2) is 18.3 Å². The first-order chi connectivity index (χ1) is 10.5. The maximum absolute atomic E-state index is 12.0. The zero-order chi connectivity index (χ0) is 16.1. The van der Waals surface area contributed by atoms with E-state index < -0.39 is 17.9 Å². The van der Waals surface area contributed by atoms with Gasteiger partial charge in [-0.05, 0) is 31.1 Å². The van der Waals surface area contributed by atoms with E-state index in [0.717, 1.165) is 11.6 Å². The second-order valence-electron chi connectivity index (χ2n) is 4.84. The van der Waals surface area contributed by atoms with E-state index in [-0.39, 0.29) is 31.3 Å². The fraction of sp³-hybridized carbons (Fsp3) is 0.333. The van der Waals surface area contributed by atoms with E-state index in [0.29, 0.717) is 17.8 Å². The average molecular weight is 341 g/mol. The Hall–Kier alpha value is -2.41. The van der Waals surface area contributed by atoms with E-state index in [9.17, 15) is 14.4 Å². The quantitative estimate of drug-likeness (QED) is 0.624. The molecule has 124 valence electrons. The Kier molecular flexibility index (Phi) is 6.71. The molecule has 0 fully saturated rings. The number of rotatable bonds is 5. The van der Waals surface area contributed by atoms with Crippen LogP contribution in [0.1, 0.15) is 24.6 Å². The maximum Gasteiger partial charge on any atom is 0.328 e. The fourth-order valence-corrected chi connectivity index (χ4v) is 2.22. The van der Waals surface area contributed by atoms with Crippen molar-refractivity contribution in [2.45, 2.75) is 19.8 Å². The van der Waals surface area contributed by atoms with Crippen LogP contribution in [0.3, 0.4) is 0 Å². The number of carboxylic acid groups (broad SMARTS) is 1. The van der Waals surface area contributed by atoms with Gasteiger partial charge in [0, 0.05) is 6.08 Å². The molecule has 0 radical (unpaired) electrons. The fourth-order valence-electron chi connectivity index (χ4n) is 2.22. The van der Waals surface area contributed by atoms with Gasteiger partial charge in [-0.3, -0.25) is 14.6 Å². The van der Waals surface area contributed by atoms with Crippen LogP contribution in [0.2, 0.25) is 0 Å².